The number of allylic oxidation sites excluding steroid dienone is 1. The number of methoxy groups -OCH3 is 1. The Balaban J connectivity index is 1.26. The zero-order chi connectivity index (χ0) is 30.5. The highest BCUT2D eigenvalue weighted by atomic mass is 35.5. The molecule has 43 heavy (non-hydrogen) atoms. The predicted molar refractivity (Wildman–Crippen MR) is 168 cm³/mol. The monoisotopic (exact) mass is 628 g/mol. The van der Waals surface area contributed by atoms with Crippen molar-refractivity contribution >= 4 is 33.3 Å². The molecule has 1 saturated carbocycles. The number of aryl methyl sites for hydroxylation is 1. The average molecular weight is 629 g/mol. The first kappa shape index (κ1) is 30.4. The van der Waals surface area contributed by atoms with Crippen molar-refractivity contribution < 1.29 is 27.8 Å². The van der Waals surface area contributed by atoms with Crippen molar-refractivity contribution in [3.8, 4) is 5.75 Å². The molecule has 0 bridgehead atoms. The summed E-state index contributed by atoms with van der Waals surface area (Å²) in [5.41, 5.74) is 4.63. The van der Waals surface area contributed by atoms with Gasteiger partial charge in [-0.3, -0.25) is 0 Å². The summed E-state index contributed by atoms with van der Waals surface area (Å²) >= 11 is 6.39. The molecule has 0 unspecified atom stereocenters. The Morgan fingerprint density at radius 2 is 2.05 bits per heavy atom. The number of primary sulfonamides is 1. The number of aromatic carboxylic acids is 1. The molecule has 4 aliphatic rings. The summed E-state index contributed by atoms with van der Waals surface area (Å²) in [6, 6.07) is 11.4. The number of benzene rings is 2. The lowest BCUT2D eigenvalue weighted by Crippen LogP contribution is -2.50. The van der Waals surface area contributed by atoms with E-state index in [1.807, 2.05) is 6.07 Å². The highest BCUT2D eigenvalue weighted by molar-refractivity contribution is 7.89. The first-order chi connectivity index (χ1) is 20.5. The van der Waals surface area contributed by atoms with E-state index in [0.717, 1.165) is 68.1 Å². The van der Waals surface area contributed by atoms with Crippen LogP contribution in [0.3, 0.4) is 0 Å². The van der Waals surface area contributed by atoms with Gasteiger partial charge in [0, 0.05) is 30.6 Å². The molecule has 0 radical (unpaired) electrons. The standard InChI is InChI=1S/C33H41ClN2O6S/c1-20(43(35,39)40)12-21-13-25(14-21)31(41-2)27-8-5-24(27)17-36-18-33(11-3-4-22-15-26(34)7-9-28(22)33)19-42-30-10-6-23(32(37)38)16-29(30)36/h6-7,9-10,13,15-16,20-21,24,27,31H,3-5,8,11-12,14,17-19H2,1-2H3,(H,37,38)(H2,35,39,40)/t20-,21+,24+,27-,31+,33+/m1/s1. The van der Waals surface area contributed by atoms with Gasteiger partial charge in [0.15, 0.2) is 0 Å². The van der Waals surface area contributed by atoms with Crippen LogP contribution >= 0.6 is 11.6 Å². The van der Waals surface area contributed by atoms with Crippen molar-refractivity contribution in [2.24, 2.45) is 22.9 Å². The van der Waals surface area contributed by atoms with Crippen LogP contribution < -0.4 is 14.8 Å². The molecule has 3 N–H and O–H groups in total. The Kier molecular flexibility index (Phi) is 8.30. The lowest BCUT2D eigenvalue weighted by molar-refractivity contribution is 0.000417. The van der Waals surface area contributed by atoms with Gasteiger partial charge < -0.3 is 19.5 Å². The van der Waals surface area contributed by atoms with Crippen molar-refractivity contribution in [3.05, 3.63) is 69.8 Å². The number of hydrogen-bond acceptors (Lipinski definition) is 6. The zero-order valence-corrected chi connectivity index (χ0v) is 26.4. The molecule has 1 aliphatic heterocycles. The number of anilines is 1. The van der Waals surface area contributed by atoms with Crippen molar-refractivity contribution in [2.45, 2.75) is 68.6 Å². The Morgan fingerprint density at radius 1 is 1.26 bits per heavy atom. The van der Waals surface area contributed by atoms with Crippen LogP contribution in [0.2, 0.25) is 5.02 Å². The fourth-order valence-electron chi connectivity index (χ4n) is 7.85. The molecule has 3 aliphatic carbocycles. The van der Waals surface area contributed by atoms with E-state index in [-0.39, 0.29) is 23.0 Å². The minimum Gasteiger partial charge on any atom is -0.490 e. The van der Waals surface area contributed by atoms with Crippen LogP contribution in [0.15, 0.2) is 48.0 Å². The van der Waals surface area contributed by atoms with Gasteiger partial charge in [-0.2, -0.15) is 0 Å². The molecule has 1 heterocycles. The van der Waals surface area contributed by atoms with Gasteiger partial charge in [-0.05, 0) is 117 Å². The van der Waals surface area contributed by atoms with Crippen LogP contribution in [0, 0.1) is 17.8 Å². The van der Waals surface area contributed by atoms with Crippen molar-refractivity contribution in [2.75, 3.05) is 31.7 Å². The summed E-state index contributed by atoms with van der Waals surface area (Å²) in [4.78, 5) is 14.3. The number of carboxylic acid groups (broad SMARTS) is 1. The number of sulfonamides is 1. The lowest BCUT2D eigenvalue weighted by atomic mass is 9.65. The van der Waals surface area contributed by atoms with Gasteiger partial charge >= 0.3 is 5.97 Å². The number of rotatable bonds is 9. The van der Waals surface area contributed by atoms with Crippen LogP contribution in [-0.4, -0.2) is 57.7 Å². The van der Waals surface area contributed by atoms with Gasteiger partial charge in [-0.15, -0.1) is 0 Å². The number of ether oxygens (including phenoxy) is 2. The highest BCUT2D eigenvalue weighted by Crippen LogP contribution is 2.48. The van der Waals surface area contributed by atoms with Gasteiger partial charge in [0.25, 0.3) is 0 Å². The van der Waals surface area contributed by atoms with E-state index in [9.17, 15) is 18.3 Å². The summed E-state index contributed by atoms with van der Waals surface area (Å²) in [5.74, 6) is 0.650. The van der Waals surface area contributed by atoms with Crippen molar-refractivity contribution in [3.63, 3.8) is 0 Å². The summed E-state index contributed by atoms with van der Waals surface area (Å²) in [7, 11) is -1.78. The molecular formula is C33H41ClN2O6S. The number of halogens is 1. The molecule has 0 aromatic heterocycles. The third kappa shape index (κ3) is 5.93. The lowest BCUT2D eigenvalue weighted by Gasteiger charge is -2.48. The Bertz CT molecular complexity index is 1540. The van der Waals surface area contributed by atoms with E-state index in [1.165, 1.54) is 16.7 Å². The second kappa shape index (κ2) is 11.7. The minimum atomic E-state index is -3.54. The van der Waals surface area contributed by atoms with Crippen LogP contribution in [0.5, 0.6) is 5.75 Å². The Labute approximate surface area is 259 Å². The Hall–Kier alpha value is -2.59. The third-order valence-corrected chi connectivity index (χ3v) is 11.9. The molecule has 2 aromatic rings. The van der Waals surface area contributed by atoms with E-state index in [0.29, 0.717) is 24.9 Å². The first-order valence-electron chi connectivity index (χ1n) is 15.3. The molecule has 6 atom stereocenters. The number of carboxylic acids is 1. The number of nitrogens with zero attached hydrogens (tertiary/aromatic N) is 1. The minimum absolute atomic E-state index is 0.0145. The van der Waals surface area contributed by atoms with Gasteiger partial charge in [-0.25, -0.2) is 18.4 Å². The second-order valence-electron chi connectivity index (χ2n) is 13.1. The number of carbonyl (C=O) groups is 1. The maximum atomic E-state index is 12.0. The topological polar surface area (TPSA) is 119 Å². The molecule has 2 aromatic carbocycles. The van der Waals surface area contributed by atoms with Crippen molar-refractivity contribution in [1.82, 2.24) is 0 Å². The summed E-state index contributed by atoms with van der Waals surface area (Å²) < 4.78 is 36.0. The van der Waals surface area contributed by atoms with Crippen LogP contribution in [0.4, 0.5) is 5.69 Å². The predicted octanol–water partition coefficient (Wildman–Crippen LogP) is 5.57. The van der Waals surface area contributed by atoms with E-state index in [1.54, 1.807) is 32.2 Å². The molecule has 10 heteroatoms. The van der Waals surface area contributed by atoms with E-state index < -0.39 is 21.2 Å². The quantitative estimate of drug-likeness (QED) is 0.349. The maximum Gasteiger partial charge on any atom is 0.335 e. The highest BCUT2D eigenvalue weighted by Gasteiger charge is 2.46. The summed E-state index contributed by atoms with van der Waals surface area (Å²) in [6.45, 7) is 3.70. The summed E-state index contributed by atoms with van der Waals surface area (Å²) in [5, 5.41) is 15.3. The second-order valence-corrected chi connectivity index (χ2v) is 15.5. The number of nitrogens with two attached hydrogens (primary N) is 1. The maximum absolute atomic E-state index is 12.0. The average Bonchev–Trinajstić information content (AvgIpc) is 3.07. The fraction of sp³-hybridized carbons (Fsp3) is 0.545. The number of hydrogen-bond donors (Lipinski definition) is 2. The van der Waals surface area contributed by atoms with Gasteiger partial charge in [0.2, 0.25) is 10.0 Å². The zero-order valence-electron chi connectivity index (χ0n) is 24.8. The van der Waals surface area contributed by atoms with Crippen LogP contribution in [0.1, 0.15) is 66.9 Å². The molecule has 0 amide bonds. The third-order valence-electron chi connectivity index (χ3n) is 10.4. The molecule has 0 saturated heterocycles. The van der Waals surface area contributed by atoms with Gasteiger partial charge in [-0.1, -0.05) is 23.7 Å². The smallest absolute Gasteiger partial charge is 0.335 e. The fourth-order valence-corrected chi connectivity index (χ4v) is 8.56. The van der Waals surface area contributed by atoms with Crippen LogP contribution in [-0.2, 0) is 26.6 Å². The largest absolute Gasteiger partial charge is 0.490 e. The van der Waals surface area contributed by atoms with Gasteiger partial charge in [0.1, 0.15) is 5.75 Å². The molecule has 8 nitrogen and oxygen atoms in total. The van der Waals surface area contributed by atoms with E-state index in [4.69, 9.17) is 26.2 Å². The Morgan fingerprint density at radius 3 is 2.72 bits per heavy atom. The molecule has 232 valence electrons. The molecule has 6 rings (SSSR count). The van der Waals surface area contributed by atoms with Crippen LogP contribution in [0.25, 0.3) is 0 Å². The normalized spacial score (nSPS) is 27.9. The first-order valence-corrected chi connectivity index (χ1v) is 17.2. The molecule has 1 fully saturated rings. The molecule has 1 spiro atoms. The summed E-state index contributed by atoms with van der Waals surface area (Å²) in [6.07, 6.45) is 8.64. The number of fused-ring (bicyclic) bond motifs is 3. The van der Waals surface area contributed by atoms with E-state index in [2.05, 4.69) is 23.1 Å². The molecular weight excluding hydrogens is 588 g/mol. The van der Waals surface area contributed by atoms with Crippen molar-refractivity contribution in [1.29, 1.82) is 0 Å². The van der Waals surface area contributed by atoms with Gasteiger partial charge in [0.05, 0.1) is 29.2 Å². The SMILES string of the molecule is CO[C@@H](C1=C[C@H](C[C@@H](C)S(N)(=O)=O)C1)[C@@H]1CC[C@H]1CN1C[C@@]2(CCCc3cc(Cl)ccc32)COc2ccc(C(=O)O)cc21. The van der Waals surface area contributed by atoms with E-state index >= 15 is 0 Å².